The minimum atomic E-state index is -0.0266. The second kappa shape index (κ2) is 8.26. The first-order valence-corrected chi connectivity index (χ1v) is 9.76. The highest BCUT2D eigenvalue weighted by molar-refractivity contribution is 5.97. The molecule has 0 saturated carbocycles. The molecule has 0 radical (unpaired) electrons. The van der Waals surface area contributed by atoms with Crippen LogP contribution >= 0.6 is 0 Å². The van der Waals surface area contributed by atoms with Gasteiger partial charge in [0.15, 0.2) is 0 Å². The van der Waals surface area contributed by atoms with Gasteiger partial charge in [-0.1, -0.05) is 0 Å². The van der Waals surface area contributed by atoms with Crippen LogP contribution in [0.3, 0.4) is 0 Å². The first-order valence-electron chi connectivity index (χ1n) is 9.76. The van der Waals surface area contributed by atoms with Crippen molar-refractivity contribution in [2.75, 3.05) is 13.1 Å². The predicted octanol–water partition coefficient (Wildman–Crippen LogP) is 2.49. The third-order valence-corrected chi connectivity index (χ3v) is 4.98. The molecule has 0 aliphatic carbocycles. The third kappa shape index (κ3) is 4.34. The van der Waals surface area contributed by atoms with Crippen molar-refractivity contribution in [3.05, 3.63) is 59.7 Å². The van der Waals surface area contributed by atoms with Crippen LogP contribution in [0.5, 0.6) is 0 Å². The Bertz CT molecular complexity index is 1040. The Hall–Kier alpha value is -3.48. The zero-order valence-electron chi connectivity index (χ0n) is 16.3. The molecule has 4 rings (SSSR count). The number of aryl methyl sites for hydroxylation is 1. The van der Waals surface area contributed by atoms with E-state index in [9.17, 15) is 9.59 Å². The molecule has 7 nitrogen and oxygen atoms in total. The molecule has 29 heavy (non-hydrogen) atoms. The molecule has 0 saturated heterocycles. The predicted molar refractivity (Wildman–Crippen MR) is 110 cm³/mol. The third-order valence-electron chi connectivity index (χ3n) is 4.98. The van der Waals surface area contributed by atoms with Crippen LogP contribution in [0.1, 0.15) is 35.1 Å². The second-order valence-corrected chi connectivity index (χ2v) is 7.14. The topological polar surface area (TPSA) is 99.8 Å². The van der Waals surface area contributed by atoms with E-state index in [-0.39, 0.29) is 11.8 Å². The number of pyridine rings is 2. The SMILES string of the molecule is CC(=O)NCCCc1ccc(-c2cc(-c3cc4c([nH]3)CCNC4=O)ccn2)cn1. The molecule has 0 aromatic carbocycles. The summed E-state index contributed by atoms with van der Waals surface area (Å²) in [5.41, 5.74) is 6.35. The highest BCUT2D eigenvalue weighted by Crippen LogP contribution is 2.27. The van der Waals surface area contributed by atoms with E-state index >= 15 is 0 Å². The Labute approximate surface area is 169 Å². The van der Waals surface area contributed by atoms with Crippen molar-refractivity contribution >= 4 is 11.8 Å². The number of nitrogens with zero attached hydrogens (tertiary/aromatic N) is 2. The van der Waals surface area contributed by atoms with Crippen LogP contribution in [0, 0.1) is 0 Å². The van der Waals surface area contributed by atoms with Crippen molar-refractivity contribution in [3.8, 4) is 22.5 Å². The summed E-state index contributed by atoms with van der Waals surface area (Å²) in [6, 6.07) is 9.85. The molecule has 3 aromatic rings. The zero-order valence-corrected chi connectivity index (χ0v) is 16.3. The highest BCUT2D eigenvalue weighted by Gasteiger charge is 2.20. The van der Waals surface area contributed by atoms with Crippen molar-refractivity contribution < 1.29 is 9.59 Å². The lowest BCUT2D eigenvalue weighted by Gasteiger charge is -2.10. The summed E-state index contributed by atoms with van der Waals surface area (Å²) in [5, 5.41) is 5.66. The summed E-state index contributed by atoms with van der Waals surface area (Å²) in [7, 11) is 0. The monoisotopic (exact) mass is 389 g/mol. The maximum Gasteiger partial charge on any atom is 0.253 e. The van der Waals surface area contributed by atoms with E-state index in [2.05, 4.69) is 25.6 Å². The average Bonchev–Trinajstić information content (AvgIpc) is 3.18. The van der Waals surface area contributed by atoms with E-state index in [0.29, 0.717) is 13.1 Å². The van der Waals surface area contributed by atoms with Gasteiger partial charge in [0.1, 0.15) is 0 Å². The van der Waals surface area contributed by atoms with Crippen LogP contribution in [-0.4, -0.2) is 39.9 Å². The van der Waals surface area contributed by atoms with E-state index in [1.807, 2.05) is 36.5 Å². The van der Waals surface area contributed by atoms with Crippen LogP contribution < -0.4 is 10.6 Å². The number of hydrogen-bond acceptors (Lipinski definition) is 4. The van der Waals surface area contributed by atoms with E-state index < -0.39 is 0 Å². The Kier molecular flexibility index (Phi) is 5.37. The summed E-state index contributed by atoms with van der Waals surface area (Å²) in [4.78, 5) is 35.3. The number of aromatic amines is 1. The second-order valence-electron chi connectivity index (χ2n) is 7.14. The van der Waals surface area contributed by atoms with Gasteiger partial charge in [-0.05, 0) is 43.2 Å². The maximum atomic E-state index is 12.0. The standard InChI is InChI=1S/C22H23N5O2/c1-14(28)23-8-2-3-17-5-4-16(13-26-17)20-11-15(6-9-24-20)21-12-18-19(27-21)7-10-25-22(18)29/h4-6,9,11-13,27H,2-3,7-8,10H2,1H3,(H,23,28)(H,25,29). The highest BCUT2D eigenvalue weighted by atomic mass is 16.2. The number of hydrogen-bond donors (Lipinski definition) is 3. The van der Waals surface area contributed by atoms with Gasteiger partial charge < -0.3 is 15.6 Å². The van der Waals surface area contributed by atoms with Gasteiger partial charge in [-0.3, -0.25) is 19.6 Å². The smallest absolute Gasteiger partial charge is 0.253 e. The summed E-state index contributed by atoms with van der Waals surface area (Å²) in [6.07, 6.45) is 6.07. The number of nitrogens with one attached hydrogen (secondary N) is 3. The quantitative estimate of drug-likeness (QED) is 0.564. The van der Waals surface area contributed by atoms with E-state index in [0.717, 1.165) is 58.7 Å². The molecule has 2 amide bonds. The van der Waals surface area contributed by atoms with Gasteiger partial charge in [-0.15, -0.1) is 0 Å². The van der Waals surface area contributed by atoms with E-state index in [1.165, 1.54) is 6.92 Å². The lowest BCUT2D eigenvalue weighted by Crippen LogP contribution is -2.31. The fourth-order valence-electron chi connectivity index (χ4n) is 3.46. The van der Waals surface area contributed by atoms with Crippen LogP contribution in [-0.2, 0) is 17.6 Å². The molecular weight excluding hydrogens is 366 g/mol. The number of rotatable bonds is 6. The molecule has 7 heteroatoms. The molecule has 1 aliphatic rings. The Balaban J connectivity index is 1.49. The maximum absolute atomic E-state index is 12.0. The fraction of sp³-hybridized carbons (Fsp3) is 0.273. The van der Waals surface area contributed by atoms with Crippen molar-refractivity contribution in [3.63, 3.8) is 0 Å². The van der Waals surface area contributed by atoms with Gasteiger partial charge in [0, 0.05) is 67.0 Å². The first-order chi connectivity index (χ1) is 14.1. The van der Waals surface area contributed by atoms with Gasteiger partial charge in [0.25, 0.3) is 5.91 Å². The molecular formula is C22H23N5O2. The number of aromatic nitrogens is 3. The molecule has 0 fully saturated rings. The van der Waals surface area contributed by atoms with Gasteiger partial charge >= 0.3 is 0 Å². The van der Waals surface area contributed by atoms with Crippen molar-refractivity contribution in [2.45, 2.75) is 26.2 Å². The number of fused-ring (bicyclic) bond motifs is 1. The number of amides is 2. The normalized spacial score (nSPS) is 12.9. The molecule has 4 heterocycles. The Morgan fingerprint density at radius 1 is 1.17 bits per heavy atom. The van der Waals surface area contributed by atoms with Crippen LogP contribution in [0.15, 0.2) is 42.7 Å². The minimum absolute atomic E-state index is 0.0113. The lowest BCUT2D eigenvalue weighted by molar-refractivity contribution is -0.118. The van der Waals surface area contributed by atoms with Crippen LogP contribution in [0.25, 0.3) is 22.5 Å². The van der Waals surface area contributed by atoms with Crippen LogP contribution in [0.4, 0.5) is 0 Å². The van der Waals surface area contributed by atoms with Gasteiger partial charge in [0.2, 0.25) is 5.91 Å². The summed E-state index contributed by atoms with van der Waals surface area (Å²) in [5.74, 6) is -0.0378. The molecule has 0 unspecified atom stereocenters. The van der Waals surface area contributed by atoms with Crippen molar-refractivity contribution in [2.24, 2.45) is 0 Å². The summed E-state index contributed by atoms with van der Waals surface area (Å²) < 4.78 is 0. The first kappa shape index (κ1) is 18.9. The summed E-state index contributed by atoms with van der Waals surface area (Å²) in [6.45, 7) is 2.84. The largest absolute Gasteiger partial charge is 0.358 e. The van der Waals surface area contributed by atoms with Crippen LogP contribution in [0.2, 0.25) is 0 Å². The van der Waals surface area contributed by atoms with Gasteiger partial charge in [-0.25, -0.2) is 0 Å². The summed E-state index contributed by atoms with van der Waals surface area (Å²) >= 11 is 0. The molecule has 3 aromatic heterocycles. The van der Waals surface area contributed by atoms with Gasteiger partial charge in [-0.2, -0.15) is 0 Å². The molecule has 0 atom stereocenters. The average molecular weight is 389 g/mol. The molecule has 3 N–H and O–H groups in total. The van der Waals surface area contributed by atoms with Gasteiger partial charge in [0.05, 0.1) is 11.3 Å². The fourth-order valence-corrected chi connectivity index (χ4v) is 3.46. The van der Waals surface area contributed by atoms with Crippen molar-refractivity contribution in [1.82, 2.24) is 25.6 Å². The van der Waals surface area contributed by atoms with Crippen molar-refractivity contribution in [1.29, 1.82) is 0 Å². The molecule has 1 aliphatic heterocycles. The minimum Gasteiger partial charge on any atom is -0.358 e. The zero-order chi connectivity index (χ0) is 20.2. The number of H-pyrrole nitrogens is 1. The molecule has 0 bridgehead atoms. The Morgan fingerprint density at radius 2 is 2.07 bits per heavy atom. The van der Waals surface area contributed by atoms with E-state index in [1.54, 1.807) is 6.20 Å². The number of carbonyl (C=O) groups is 2. The Morgan fingerprint density at radius 3 is 2.83 bits per heavy atom. The lowest BCUT2D eigenvalue weighted by atomic mass is 10.1. The van der Waals surface area contributed by atoms with E-state index in [4.69, 9.17) is 0 Å². The molecule has 0 spiro atoms. The molecule has 148 valence electrons. The number of carbonyl (C=O) groups excluding carboxylic acids is 2.